The molecule has 24 heavy (non-hydrogen) atoms. The molecule has 3 rings (SSSR count). The molecule has 0 spiro atoms. The number of imidazole rings is 1. The highest BCUT2D eigenvalue weighted by Gasteiger charge is 2.18. The van der Waals surface area contributed by atoms with Crippen LogP contribution in [-0.4, -0.2) is 22.3 Å². The monoisotopic (exact) mass is 344 g/mol. The van der Waals surface area contributed by atoms with Crippen molar-refractivity contribution in [3.05, 3.63) is 58.9 Å². The zero-order valence-corrected chi connectivity index (χ0v) is 14.2. The Balaban J connectivity index is 1.93. The van der Waals surface area contributed by atoms with Gasteiger partial charge >= 0.3 is 6.09 Å². The van der Waals surface area contributed by atoms with E-state index in [1.807, 2.05) is 37.3 Å². The second-order valence-electron chi connectivity index (χ2n) is 5.25. The van der Waals surface area contributed by atoms with Crippen molar-refractivity contribution in [2.24, 2.45) is 0 Å². The number of benzene rings is 2. The number of para-hydroxylation sites is 2. The van der Waals surface area contributed by atoms with Crippen LogP contribution < -0.4 is 4.74 Å². The summed E-state index contributed by atoms with van der Waals surface area (Å²) in [6.45, 7) is 4.12. The summed E-state index contributed by atoms with van der Waals surface area (Å²) in [6.07, 6.45) is -0.461. The number of nitrogens with zero attached hydrogens (tertiary/aromatic N) is 2. The average molecular weight is 345 g/mol. The number of rotatable bonds is 4. The number of aryl methyl sites for hydroxylation is 1. The Morgan fingerprint density at radius 1 is 1.25 bits per heavy atom. The lowest BCUT2D eigenvalue weighted by molar-refractivity contribution is 0.152. The molecule has 1 aromatic heterocycles. The van der Waals surface area contributed by atoms with Crippen molar-refractivity contribution < 1.29 is 14.3 Å². The number of ether oxygens (including phenoxy) is 2. The van der Waals surface area contributed by atoms with Gasteiger partial charge in [-0.05, 0) is 49.7 Å². The van der Waals surface area contributed by atoms with E-state index in [4.69, 9.17) is 21.1 Å². The summed E-state index contributed by atoms with van der Waals surface area (Å²) in [7, 11) is 0. The van der Waals surface area contributed by atoms with E-state index in [2.05, 4.69) is 4.98 Å². The van der Waals surface area contributed by atoms with Gasteiger partial charge in [-0.2, -0.15) is 0 Å². The molecule has 1 heterocycles. The second-order valence-corrected chi connectivity index (χ2v) is 5.69. The number of fused-ring (bicyclic) bond motifs is 1. The smallest absolute Gasteiger partial charge is 0.420 e. The first-order chi connectivity index (χ1) is 11.6. The molecule has 0 amide bonds. The van der Waals surface area contributed by atoms with Crippen LogP contribution in [0.3, 0.4) is 0 Å². The first-order valence-electron chi connectivity index (χ1n) is 7.62. The third-order valence-electron chi connectivity index (χ3n) is 3.57. The van der Waals surface area contributed by atoms with Gasteiger partial charge < -0.3 is 9.47 Å². The van der Waals surface area contributed by atoms with E-state index in [9.17, 15) is 4.79 Å². The molecular formula is C18H17ClN2O3. The molecule has 0 saturated heterocycles. The zero-order chi connectivity index (χ0) is 17.1. The summed E-state index contributed by atoms with van der Waals surface area (Å²) < 4.78 is 12.4. The molecule has 0 fully saturated rings. The van der Waals surface area contributed by atoms with Crippen LogP contribution in [-0.2, 0) is 11.3 Å². The predicted octanol–water partition coefficient (Wildman–Crippen LogP) is 4.58. The highest BCUT2D eigenvalue weighted by atomic mass is 35.5. The van der Waals surface area contributed by atoms with Gasteiger partial charge in [0.25, 0.3) is 0 Å². The van der Waals surface area contributed by atoms with Crippen molar-refractivity contribution in [3.63, 3.8) is 0 Å². The number of aromatic nitrogens is 2. The Morgan fingerprint density at radius 2 is 2.04 bits per heavy atom. The Bertz CT molecular complexity index is 889. The van der Waals surface area contributed by atoms with Crippen molar-refractivity contribution in [2.75, 3.05) is 6.61 Å². The summed E-state index contributed by atoms with van der Waals surface area (Å²) in [6, 6.07) is 12.8. The molecule has 2 aromatic carbocycles. The van der Waals surface area contributed by atoms with Crippen molar-refractivity contribution in [1.82, 2.24) is 9.55 Å². The first-order valence-corrected chi connectivity index (χ1v) is 8.00. The van der Waals surface area contributed by atoms with E-state index in [1.165, 1.54) is 4.57 Å². The topological polar surface area (TPSA) is 53.4 Å². The fraction of sp³-hybridized carbons (Fsp3) is 0.222. The molecule has 124 valence electrons. The minimum atomic E-state index is -0.461. The van der Waals surface area contributed by atoms with E-state index in [1.54, 1.807) is 19.1 Å². The first kappa shape index (κ1) is 16.3. The highest BCUT2D eigenvalue weighted by Crippen LogP contribution is 2.24. The average Bonchev–Trinajstić information content (AvgIpc) is 2.92. The van der Waals surface area contributed by atoms with Crippen molar-refractivity contribution in [3.8, 4) is 5.75 Å². The fourth-order valence-electron chi connectivity index (χ4n) is 2.48. The van der Waals surface area contributed by atoms with Crippen molar-refractivity contribution >= 4 is 28.7 Å². The molecule has 0 radical (unpaired) electrons. The predicted molar refractivity (Wildman–Crippen MR) is 92.7 cm³/mol. The number of hydrogen-bond acceptors (Lipinski definition) is 4. The van der Waals surface area contributed by atoms with Gasteiger partial charge in [-0.1, -0.05) is 23.7 Å². The number of halogens is 1. The lowest BCUT2D eigenvalue weighted by Crippen LogP contribution is -2.17. The lowest BCUT2D eigenvalue weighted by atomic mass is 10.2. The summed E-state index contributed by atoms with van der Waals surface area (Å²) in [5.41, 5.74) is 2.33. The van der Waals surface area contributed by atoms with Crippen LogP contribution in [0.1, 0.15) is 18.3 Å². The van der Waals surface area contributed by atoms with Crippen LogP contribution in [0.4, 0.5) is 4.79 Å². The largest absolute Gasteiger partial charge is 0.485 e. The van der Waals surface area contributed by atoms with Crippen LogP contribution >= 0.6 is 11.6 Å². The number of hydrogen-bond donors (Lipinski definition) is 0. The normalized spacial score (nSPS) is 10.8. The maximum atomic E-state index is 12.3. The van der Waals surface area contributed by atoms with E-state index in [0.717, 1.165) is 11.1 Å². The fourth-order valence-corrected chi connectivity index (χ4v) is 2.71. The molecule has 0 aliphatic rings. The number of carbonyl (C=O) groups excluding carboxylic acids is 1. The Kier molecular flexibility index (Phi) is 4.71. The third-order valence-corrected chi connectivity index (χ3v) is 3.81. The molecule has 3 aromatic rings. The Morgan fingerprint density at radius 3 is 2.79 bits per heavy atom. The van der Waals surface area contributed by atoms with Crippen LogP contribution in [0.25, 0.3) is 11.0 Å². The minimum Gasteiger partial charge on any atom is -0.485 e. The summed E-state index contributed by atoms with van der Waals surface area (Å²) in [4.78, 5) is 16.8. The van der Waals surface area contributed by atoms with Gasteiger partial charge in [0, 0.05) is 5.02 Å². The Labute approximate surface area is 144 Å². The van der Waals surface area contributed by atoms with Gasteiger partial charge in [-0.3, -0.25) is 0 Å². The molecule has 5 nitrogen and oxygen atoms in total. The molecule has 0 bridgehead atoms. The van der Waals surface area contributed by atoms with Crippen LogP contribution in [0.15, 0.2) is 42.5 Å². The standard InChI is InChI=1S/C18H17ClN2O3/c1-3-23-18(22)21-15-7-5-4-6-14(15)20-17(21)11-24-16-9-8-13(19)10-12(16)2/h4-10H,3,11H2,1-2H3. The summed E-state index contributed by atoms with van der Waals surface area (Å²) in [5.74, 6) is 1.19. The number of carbonyl (C=O) groups is 1. The molecule has 0 atom stereocenters. The minimum absolute atomic E-state index is 0.149. The maximum Gasteiger partial charge on any atom is 0.420 e. The second kappa shape index (κ2) is 6.93. The van der Waals surface area contributed by atoms with Gasteiger partial charge in [-0.25, -0.2) is 14.3 Å². The van der Waals surface area contributed by atoms with Gasteiger partial charge in [0.2, 0.25) is 0 Å². The molecule has 6 heteroatoms. The van der Waals surface area contributed by atoms with E-state index >= 15 is 0 Å². The van der Waals surface area contributed by atoms with Crippen molar-refractivity contribution in [2.45, 2.75) is 20.5 Å². The summed E-state index contributed by atoms with van der Waals surface area (Å²) >= 11 is 5.96. The molecule has 0 N–H and O–H groups in total. The van der Waals surface area contributed by atoms with E-state index < -0.39 is 6.09 Å². The molecule has 0 unspecified atom stereocenters. The van der Waals surface area contributed by atoms with Crippen LogP contribution in [0, 0.1) is 6.92 Å². The summed E-state index contributed by atoms with van der Waals surface area (Å²) in [5, 5.41) is 0.651. The van der Waals surface area contributed by atoms with E-state index in [-0.39, 0.29) is 6.61 Å². The van der Waals surface area contributed by atoms with Crippen LogP contribution in [0.5, 0.6) is 5.75 Å². The van der Waals surface area contributed by atoms with Gasteiger partial charge in [0.1, 0.15) is 12.4 Å². The Hall–Kier alpha value is -2.53. The third kappa shape index (κ3) is 3.21. The van der Waals surface area contributed by atoms with E-state index in [0.29, 0.717) is 28.7 Å². The molecule has 0 saturated carbocycles. The quantitative estimate of drug-likeness (QED) is 0.695. The zero-order valence-electron chi connectivity index (χ0n) is 13.5. The van der Waals surface area contributed by atoms with Crippen molar-refractivity contribution in [1.29, 1.82) is 0 Å². The van der Waals surface area contributed by atoms with Gasteiger partial charge in [-0.15, -0.1) is 0 Å². The molecule has 0 aliphatic heterocycles. The van der Waals surface area contributed by atoms with Gasteiger partial charge in [0.05, 0.1) is 17.6 Å². The maximum absolute atomic E-state index is 12.3. The van der Waals surface area contributed by atoms with Crippen LogP contribution in [0.2, 0.25) is 5.02 Å². The highest BCUT2D eigenvalue weighted by molar-refractivity contribution is 6.30. The van der Waals surface area contributed by atoms with Gasteiger partial charge in [0.15, 0.2) is 5.82 Å². The molecule has 0 aliphatic carbocycles. The SMILES string of the molecule is CCOC(=O)n1c(COc2ccc(Cl)cc2C)nc2ccccc21. The molecular weight excluding hydrogens is 328 g/mol. The lowest BCUT2D eigenvalue weighted by Gasteiger charge is -2.11.